The van der Waals surface area contributed by atoms with Crippen molar-refractivity contribution in [1.29, 1.82) is 0 Å². The first-order valence-electron chi connectivity index (χ1n) is 22.5. The summed E-state index contributed by atoms with van der Waals surface area (Å²) in [4.78, 5) is 73.5. The second-order valence-corrected chi connectivity index (χ2v) is 17.7. The summed E-state index contributed by atoms with van der Waals surface area (Å²) < 4.78 is 21.7. The van der Waals surface area contributed by atoms with E-state index in [2.05, 4.69) is 57.0 Å². The van der Waals surface area contributed by atoms with E-state index < -0.39 is 24.3 Å². The predicted octanol–water partition coefficient (Wildman–Crippen LogP) is 7.80. The summed E-state index contributed by atoms with van der Waals surface area (Å²) >= 11 is 0. The van der Waals surface area contributed by atoms with Gasteiger partial charge in [-0.3, -0.25) is 9.59 Å². The Kier molecular flexibility index (Phi) is 12.9. The van der Waals surface area contributed by atoms with Gasteiger partial charge in [0.05, 0.1) is 55.8 Å². The summed E-state index contributed by atoms with van der Waals surface area (Å²) in [6, 6.07) is 12.6. The smallest absolute Gasteiger partial charge is 0.407 e. The minimum atomic E-state index is -0.748. The lowest BCUT2D eigenvalue weighted by atomic mass is 9.92. The maximum Gasteiger partial charge on any atom is 0.407 e. The summed E-state index contributed by atoms with van der Waals surface area (Å²) in [6.07, 6.45) is 4.20. The van der Waals surface area contributed by atoms with Crippen molar-refractivity contribution >= 4 is 45.8 Å². The van der Waals surface area contributed by atoms with E-state index in [-0.39, 0.29) is 47.7 Å². The number of carbonyl (C=O) groups is 4. The molecule has 3 aromatic carbocycles. The summed E-state index contributed by atoms with van der Waals surface area (Å²) in [7, 11) is 4.26. The van der Waals surface area contributed by atoms with Gasteiger partial charge >= 0.3 is 12.2 Å². The summed E-state index contributed by atoms with van der Waals surface area (Å²) in [5.74, 6) is 1.74. The molecule has 2 fully saturated rings. The van der Waals surface area contributed by atoms with E-state index in [0.717, 1.165) is 74.8 Å². The number of amides is 4. The van der Waals surface area contributed by atoms with E-state index in [0.29, 0.717) is 44.2 Å². The van der Waals surface area contributed by atoms with Gasteiger partial charge in [0.15, 0.2) is 0 Å². The van der Waals surface area contributed by atoms with Crippen molar-refractivity contribution in [3.05, 3.63) is 65.9 Å². The molecule has 2 aromatic heterocycles. The van der Waals surface area contributed by atoms with Gasteiger partial charge in [0.1, 0.15) is 36.1 Å². The highest BCUT2D eigenvalue weighted by Gasteiger charge is 2.43. The second-order valence-electron chi connectivity index (χ2n) is 17.7. The number of hydrogen-bond donors (Lipinski definition) is 4. The number of aromatic nitrogens is 4. The largest absolute Gasteiger partial charge is 0.488 e. The van der Waals surface area contributed by atoms with Crippen LogP contribution in [0.5, 0.6) is 5.75 Å². The Morgan fingerprint density at radius 3 is 2.27 bits per heavy atom. The van der Waals surface area contributed by atoms with Crippen LogP contribution in [0.1, 0.15) is 96.0 Å². The number of benzene rings is 3. The highest BCUT2D eigenvalue weighted by molar-refractivity contribution is 6.07. The molecule has 0 spiro atoms. The quantitative estimate of drug-likeness (QED) is 0.0908. The molecule has 4 amide bonds. The lowest BCUT2D eigenvalue weighted by Gasteiger charge is -2.33. The van der Waals surface area contributed by atoms with E-state index in [1.807, 2.05) is 56.7 Å². The van der Waals surface area contributed by atoms with Crippen LogP contribution in [-0.2, 0) is 30.4 Å². The molecular weight excluding hydrogens is 817 g/mol. The number of rotatable bonds is 13. The molecule has 0 bridgehead atoms. The van der Waals surface area contributed by atoms with Crippen molar-refractivity contribution in [2.75, 3.05) is 34.5 Å². The van der Waals surface area contributed by atoms with Crippen LogP contribution in [0.4, 0.5) is 9.59 Å². The minimum absolute atomic E-state index is 0.0203. The number of methoxy groups -OCH3 is 3. The Labute approximate surface area is 373 Å². The first-order valence-corrected chi connectivity index (χ1v) is 22.5. The van der Waals surface area contributed by atoms with Crippen LogP contribution >= 0.6 is 0 Å². The zero-order valence-corrected chi connectivity index (χ0v) is 37.9. The Hall–Kier alpha value is -6.16. The number of ether oxygens (including phenoxy) is 4. The molecule has 5 aromatic rings. The lowest BCUT2D eigenvalue weighted by Crippen LogP contribution is -2.53. The molecule has 16 heteroatoms. The van der Waals surface area contributed by atoms with Gasteiger partial charge in [-0.1, -0.05) is 58.7 Å². The monoisotopic (exact) mass is 876 g/mol. The van der Waals surface area contributed by atoms with E-state index in [1.54, 1.807) is 7.11 Å². The number of hydrogen-bond acceptors (Lipinski definition) is 10. The molecule has 8 atom stereocenters. The molecule has 0 radical (unpaired) electrons. The van der Waals surface area contributed by atoms with Crippen LogP contribution in [0.25, 0.3) is 44.2 Å². The Balaban J connectivity index is 1.05. The molecule has 16 nitrogen and oxygen atoms in total. The molecule has 0 saturated carbocycles. The Bertz CT molecular complexity index is 2550. The number of likely N-dealkylation sites (tertiary alicyclic amines) is 2. The minimum Gasteiger partial charge on any atom is -0.488 e. The Morgan fingerprint density at radius 2 is 1.58 bits per heavy atom. The highest BCUT2D eigenvalue weighted by Crippen LogP contribution is 2.44. The number of imidazole rings is 2. The zero-order valence-electron chi connectivity index (χ0n) is 37.9. The third kappa shape index (κ3) is 8.35. The maximum atomic E-state index is 14.2. The predicted molar refractivity (Wildman–Crippen MR) is 241 cm³/mol. The number of alkyl carbamates (subject to hydrolysis) is 2. The lowest BCUT2D eigenvalue weighted by molar-refractivity contribution is -0.137. The maximum absolute atomic E-state index is 14.2. The number of nitrogens with one attached hydrogen (secondary N) is 4. The van der Waals surface area contributed by atoms with Crippen molar-refractivity contribution in [3.8, 4) is 28.1 Å². The molecule has 4 N–H and O–H groups in total. The van der Waals surface area contributed by atoms with Crippen molar-refractivity contribution in [2.24, 2.45) is 17.8 Å². The van der Waals surface area contributed by atoms with Crippen LogP contribution in [-0.4, -0.2) is 106 Å². The van der Waals surface area contributed by atoms with Crippen molar-refractivity contribution in [3.63, 3.8) is 0 Å². The van der Waals surface area contributed by atoms with E-state index in [1.165, 1.54) is 14.2 Å². The zero-order chi connectivity index (χ0) is 45.4. The van der Waals surface area contributed by atoms with Crippen LogP contribution in [0, 0.1) is 17.8 Å². The molecule has 3 aliphatic heterocycles. The van der Waals surface area contributed by atoms with Gasteiger partial charge < -0.3 is 49.3 Å². The van der Waals surface area contributed by atoms with Crippen molar-refractivity contribution in [2.45, 2.75) is 104 Å². The SMILES string of the molecule is CC[C@@H](C)C(NC(=O)OC)C(=O)N1[C@@H](C)CC[C@H]1c1ncc(-c2ccc3c(c2)COc2cc4c(ccc5[nH]c([C@@H]6C[C@H](COC)CN6C(=O)[C@@H](NC(=O)OC)[C@H](C)CC)nc54)cc2-3)[nH]1. The first kappa shape index (κ1) is 44.4. The topological polar surface area (TPSA) is 193 Å². The molecule has 5 heterocycles. The molecular formula is C48H60N8O8. The van der Waals surface area contributed by atoms with Gasteiger partial charge in [0.25, 0.3) is 0 Å². The molecule has 8 rings (SSSR count). The summed E-state index contributed by atoms with van der Waals surface area (Å²) in [5.41, 5.74) is 6.52. The van der Waals surface area contributed by atoms with Gasteiger partial charge in [-0.25, -0.2) is 19.6 Å². The second kappa shape index (κ2) is 18.5. The van der Waals surface area contributed by atoms with Gasteiger partial charge in [-0.15, -0.1) is 0 Å². The molecule has 340 valence electrons. The van der Waals surface area contributed by atoms with Crippen LogP contribution < -0.4 is 15.4 Å². The normalized spacial score (nSPS) is 21.1. The fraction of sp³-hybridized carbons (Fsp3) is 0.500. The van der Waals surface area contributed by atoms with Crippen molar-refractivity contribution < 1.29 is 38.1 Å². The molecule has 64 heavy (non-hydrogen) atoms. The van der Waals surface area contributed by atoms with E-state index >= 15 is 0 Å². The number of fused-ring (bicyclic) bond motifs is 6. The number of H-pyrrole nitrogens is 2. The average molecular weight is 877 g/mol. The van der Waals surface area contributed by atoms with Gasteiger partial charge in [-0.2, -0.15) is 0 Å². The van der Waals surface area contributed by atoms with Crippen LogP contribution in [0.15, 0.2) is 48.7 Å². The van der Waals surface area contributed by atoms with E-state index in [9.17, 15) is 19.2 Å². The number of carbonyl (C=O) groups excluding carboxylic acids is 4. The molecule has 0 aliphatic carbocycles. The van der Waals surface area contributed by atoms with Crippen molar-refractivity contribution in [1.82, 2.24) is 40.4 Å². The number of aromatic amines is 2. The standard InChI is InChI=1S/C48H60N8O8/c1-9-25(3)40(53-47(59)62-7)45(57)55-22-28(23-61-6)17-38(55)44-50-35-15-13-29-19-34-32-14-12-30(18-31(32)24-64-39(34)20-33(29)42(35)52-44)36-21-49-43(51-36)37-16-11-27(5)56(37)46(58)41(26(4)10-2)54-48(60)63-8/h12-15,18-21,25-28,37-38,40-41H,9-11,16-17,22-24H2,1-8H3,(H,49,51)(H,50,52)(H,53,59)(H,54,60)/t25-,26-,27+,28+,37+,38+,40+,41?/m1/s1. The summed E-state index contributed by atoms with van der Waals surface area (Å²) in [6.45, 7) is 11.3. The van der Waals surface area contributed by atoms with Crippen LogP contribution in [0.2, 0.25) is 0 Å². The molecule has 2 saturated heterocycles. The van der Waals surface area contributed by atoms with Gasteiger partial charge in [0.2, 0.25) is 11.8 Å². The highest BCUT2D eigenvalue weighted by atomic mass is 16.5. The fourth-order valence-corrected chi connectivity index (χ4v) is 9.77. The third-order valence-corrected chi connectivity index (χ3v) is 13.8. The third-order valence-electron chi connectivity index (χ3n) is 13.8. The summed E-state index contributed by atoms with van der Waals surface area (Å²) in [5, 5.41) is 7.50. The molecule has 1 unspecified atom stereocenters. The fourth-order valence-electron chi connectivity index (χ4n) is 9.77. The molecule has 3 aliphatic rings. The Morgan fingerprint density at radius 1 is 0.859 bits per heavy atom. The number of nitrogens with zero attached hydrogens (tertiary/aromatic N) is 4. The average Bonchev–Trinajstić information content (AvgIpc) is 4.14. The van der Waals surface area contributed by atoms with Crippen LogP contribution in [0.3, 0.4) is 0 Å². The van der Waals surface area contributed by atoms with E-state index in [4.69, 9.17) is 28.9 Å². The van der Waals surface area contributed by atoms with Gasteiger partial charge in [-0.05, 0) is 84.4 Å². The van der Waals surface area contributed by atoms with Gasteiger partial charge in [0, 0.05) is 36.6 Å². The first-order chi connectivity index (χ1) is 30.9.